The molecule has 0 aliphatic carbocycles. The zero-order valence-corrected chi connectivity index (χ0v) is 10.6. The first kappa shape index (κ1) is 13.9. The number of halogens is 2. The van der Waals surface area contributed by atoms with Crippen LogP contribution in [0.3, 0.4) is 0 Å². The Labute approximate surface area is 99.9 Å². The van der Waals surface area contributed by atoms with E-state index in [4.69, 9.17) is 0 Å². The lowest BCUT2D eigenvalue weighted by Gasteiger charge is -2.10. The second-order valence-electron chi connectivity index (χ2n) is 3.66. The van der Waals surface area contributed by atoms with Gasteiger partial charge in [-0.05, 0) is 25.0 Å². The van der Waals surface area contributed by atoms with Crippen molar-refractivity contribution in [1.29, 1.82) is 0 Å². The quantitative estimate of drug-likeness (QED) is 0.887. The molecule has 0 aliphatic rings. The predicted molar refractivity (Wildman–Crippen MR) is 63.4 cm³/mol. The largest absolute Gasteiger partial charge is 0.281 e. The highest BCUT2D eigenvalue weighted by Crippen LogP contribution is 2.22. The number of rotatable bonds is 5. The smallest absolute Gasteiger partial charge is 0.232 e. The third-order valence-corrected chi connectivity index (χ3v) is 3.75. The molecule has 1 aromatic rings. The Kier molecular flexibility index (Phi) is 4.45. The zero-order chi connectivity index (χ0) is 13.1. The predicted octanol–water partition coefficient (Wildman–Crippen LogP) is 2.68. The van der Waals surface area contributed by atoms with E-state index in [9.17, 15) is 17.2 Å². The molecule has 0 bridgehead atoms. The van der Waals surface area contributed by atoms with Crippen LogP contribution in [0.4, 0.5) is 14.5 Å². The Morgan fingerprint density at radius 1 is 1.24 bits per heavy atom. The molecule has 1 N–H and O–H groups in total. The molecule has 0 aliphatic heterocycles. The van der Waals surface area contributed by atoms with Crippen LogP contribution in [0.1, 0.15) is 25.8 Å². The van der Waals surface area contributed by atoms with Crippen molar-refractivity contribution in [2.45, 2.75) is 26.7 Å². The molecule has 0 spiro atoms. The maximum Gasteiger partial charge on any atom is 0.232 e. The zero-order valence-electron chi connectivity index (χ0n) is 9.76. The molecule has 6 heteroatoms. The summed E-state index contributed by atoms with van der Waals surface area (Å²) in [7, 11) is -3.56. The number of anilines is 1. The second kappa shape index (κ2) is 5.44. The number of sulfonamides is 1. The first-order valence-corrected chi connectivity index (χ1v) is 7.03. The summed E-state index contributed by atoms with van der Waals surface area (Å²) >= 11 is 0. The summed E-state index contributed by atoms with van der Waals surface area (Å²) in [4.78, 5) is 0. The van der Waals surface area contributed by atoms with Gasteiger partial charge in [0.15, 0.2) is 5.82 Å². The van der Waals surface area contributed by atoms with Gasteiger partial charge in [-0.25, -0.2) is 17.2 Å². The first-order chi connectivity index (χ1) is 7.91. The number of benzene rings is 1. The van der Waals surface area contributed by atoms with Gasteiger partial charge in [0.25, 0.3) is 0 Å². The standard InChI is InChI=1S/C11H15F2NO2S/c1-3-7-17(15,16)14-10-6-5-9(12)8(4-2)11(10)13/h5-6,14H,3-4,7H2,1-2H3. The molecule has 3 nitrogen and oxygen atoms in total. The van der Waals surface area contributed by atoms with Crippen molar-refractivity contribution in [2.75, 3.05) is 10.5 Å². The summed E-state index contributed by atoms with van der Waals surface area (Å²) in [6.07, 6.45) is 0.597. The van der Waals surface area contributed by atoms with Gasteiger partial charge in [0.2, 0.25) is 10.0 Å². The van der Waals surface area contributed by atoms with Crippen molar-refractivity contribution in [1.82, 2.24) is 0 Å². The van der Waals surface area contributed by atoms with E-state index < -0.39 is 21.7 Å². The van der Waals surface area contributed by atoms with Crippen LogP contribution in [0.25, 0.3) is 0 Å². The van der Waals surface area contributed by atoms with E-state index in [0.29, 0.717) is 6.42 Å². The SMILES string of the molecule is CCCS(=O)(=O)Nc1ccc(F)c(CC)c1F. The van der Waals surface area contributed by atoms with Crippen molar-refractivity contribution in [3.8, 4) is 0 Å². The first-order valence-electron chi connectivity index (χ1n) is 5.38. The van der Waals surface area contributed by atoms with Crippen LogP contribution in [0.15, 0.2) is 12.1 Å². The highest BCUT2D eigenvalue weighted by Gasteiger charge is 2.16. The summed E-state index contributed by atoms with van der Waals surface area (Å²) < 4.78 is 52.0. The van der Waals surface area contributed by atoms with Crippen LogP contribution in [-0.2, 0) is 16.4 Å². The van der Waals surface area contributed by atoms with Crippen LogP contribution in [-0.4, -0.2) is 14.2 Å². The number of hydrogen-bond acceptors (Lipinski definition) is 2. The summed E-state index contributed by atoms with van der Waals surface area (Å²) in [5.41, 5.74) is -0.307. The Hall–Kier alpha value is -1.17. The molecular formula is C11H15F2NO2S. The van der Waals surface area contributed by atoms with Crippen molar-refractivity contribution >= 4 is 15.7 Å². The van der Waals surface area contributed by atoms with E-state index in [1.165, 1.54) is 0 Å². The molecule has 1 rings (SSSR count). The molecule has 0 heterocycles. The lowest BCUT2D eigenvalue weighted by Crippen LogP contribution is -2.17. The van der Waals surface area contributed by atoms with Crippen LogP contribution in [0.5, 0.6) is 0 Å². The van der Waals surface area contributed by atoms with E-state index in [0.717, 1.165) is 12.1 Å². The molecule has 1 aromatic carbocycles. The van der Waals surface area contributed by atoms with Crippen LogP contribution >= 0.6 is 0 Å². The molecule has 0 radical (unpaired) electrons. The minimum atomic E-state index is -3.56. The minimum absolute atomic E-state index is 0.0920. The van der Waals surface area contributed by atoms with Gasteiger partial charge in [0.1, 0.15) is 5.82 Å². The second-order valence-corrected chi connectivity index (χ2v) is 5.50. The van der Waals surface area contributed by atoms with E-state index in [-0.39, 0.29) is 23.4 Å². The van der Waals surface area contributed by atoms with Crippen molar-refractivity contribution in [3.63, 3.8) is 0 Å². The summed E-state index contributed by atoms with van der Waals surface area (Å²) in [5.74, 6) is -1.60. The number of nitrogens with one attached hydrogen (secondary N) is 1. The van der Waals surface area contributed by atoms with Gasteiger partial charge in [-0.15, -0.1) is 0 Å². The summed E-state index contributed by atoms with van der Waals surface area (Å²) in [6.45, 7) is 3.31. The molecule has 0 aromatic heterocycles. The third-order valence-electron chi connectivity index (χ3n) is 2.28. The molecule has 0 saturated carbocycles. The van der Waals surface area contributed by atoms with E-state index in [1.54, 1.807) is 13.8 Å². The normalized spacial score (nSPS) is 11.5. The molecule has 17 heavy (non-hydrogen) atoms. The Balaban J connectivity index is 3.09. The van der Waals surface area contributed by atoms with Gasteiger partial charge in [0.05, 0.1) is 11.4 Å². The van der Waals surface area contributed by atoms with E-state index >= 15 is 0 Å². The molecule has 0 amide bonds. The monoisotopic (exact) mass is 263 g/mol. The van der Waals surface area contributed by atoms with Gasteiger partial charge < -0.3 is 0 Å². The fourth-order valence-corrected chi connectivity index (χ4v) is 2.62. The maximum atomic E-state index is 13.7. The Morgan fingerprint density at radius 3 is 2.41 bits per heavy atom. The molecule has 96 valence electrons. The molecular weight excluding hydrogens is 248 g/mol. The lowest BCUT2D eigenvalue weighted by molar-refractivity contribution is 0.560. The fourth-order valence-electron chi connectivity index (χ4n) is 1.49. The molecule has 0 unspecified atom stereocenters. The minimum Gasteiger partial charge on any atom is -0.281 e. The topological polar surface area (TPSA) is 46.2 Å². The van der Waals surface area contributed by atoms with Crippen LogP contribution in [0.2, 0.25) is 0 Å². The van der Waals surface area contributed by atoms with Gasteiger partial charge >= 0.3 is 0 Å². The van der Waals surface area contributed by atoms with Crippen molar-refractivity contribution in [2.24, 2.45) is 0 Å². The Morgan fingerprint density at radius 2 is 1.88 bits per heavy atom. The Bertz CT molecular complexity index is 500. The molecule has 0 fully saturated rings. The summed E-state index contributed by atoms with van der Waals surface area (Å²) in [6, 6.07) is 2.16. The van der Waals surface area contributed by atoms with Gasteiger partial charge in [-0.1, -0.05) is 13.8 Å². The molecule has 0 atom stereocenters. The van der Waals surface area contributed by atoms with E-state index in [1.807, 2.05) is 0 Å². The average Bonchev–Trinajstić information content (AvgIpc) is 2.23. The highest BCUT2D eigenvalue weighted by atomic mass is 32.2. The van der Waals surface area contributed by atoms with Gasteiger partial charge in [0, 0.05) is 5.56 Å². The highest BCUT2D eigenvalue weighted by molar-refractivity contribution is 7.92. The lowest BCUT2D eigenvalue weighted by atomic mass is 10.1. The van der Waals surface area contributed by atoms with Gasteiger partial charge in [-0.3, -0.25) is 4.72 Å². The van der Waals surface area contributed by atoms with Crippen LogP contribution in [0, 0.1) is 11.6 Å². The van der Waals surface area contributed by atoms with Crippen LogP contribution < -0.4 is 4.72 Å². The maximum absolute atomic E-state index is 13.7. The average molecular weight is 263 g/mol. The summed E-state index contributed by atoms with van der Waals surface area (Å²) in [5, 5.41) is 0. The molecule has 0 saturated heterocycles. The van der Waals surface area contributed by atoms with Crippen molar-refractivity contribution in [3.05, 3.63) is 29.3 Å². The van der Waals surface area contributed by atoms with E-state index in [2.05, 4.69) is 4.72 Å². The fraction of sp³-hybridized carbons (Fsp3) is 0.455. The third kappa shape index (κ3) is 3.39. The van der Waals surface area contributed by atoms with Crippen molar-refractivity contribution < 1.29 is 17.2 Å². The van der Waals surface area contributed by atoms with Gasteiger partial charge in [-0.2, -0.15) is 0 Å². The number of hydrogen-bond donors (Lipinski definition) is 1.